The Kier molecular flexibility index (Phi) is 9.80. The number of carbonyl (C=O) groups is 2. The molecule has 38 heavy (non-hydrogen) atoms. The number of carbonyl (C=O) groups excluding carboxylic acids is 2. The Morgan fingerprint density at radius 3 is 2.71 bits per heavy atom. The van der Waals surface area contributed by atoms with E-state index in [-0.39, 0.29) is 23.8 Å². The van der Waals surface area contributed by atoms with Crippen LogP contribution < -0.4 is 16.0 Å². The number of nitrogens with one attached hydrogen (secondary N) is 3. The minimum absolute atomic E-state index is 0.0350. The maximum Gasteiger partial charge on any atom is 0.246 e. The van der Waals surface area contributed by atoms with Crippen LogP contribution in [0.1, 0.15) is 30.9 Å². The molecule has 1 aliphatic rings. The molecule has 3 rings (SSSR count). The third kappa shape index (κ3) is 7.79. The maximum absolute atomic E-state index is 12.6. The van der Waals surface area contributed by atoms with Gasteiger partial charge in [-0.3, -0.25) is 9.59 Å². The molecule has 1 aromatic heterocycles. The Labute approximate surface area is 224 Å². The van der Waals surface area contributed by atoms with Gasteiger partial charge in [0, 0.05) is 44.4 Å². The van der Waals surface area contributed by atoms with E-state index < -0.39 is 6.04 Å². The summed E-state index contributed by atoms with van der Waals surface area (Å²) >= 11 is 0. The summed E-state index contributed by atoms with van der Waals surface area (Å²) in [5, 5.41) is 18.2. The van der Waals surface area contributed by atoms with Gasteiger partial charge >= 0.3 is 0 Å². The molecule has 3 N–H and O–H groups in total. The Morgan fingerprint density at radius 2 is 2.03 bits per heavy atom. The minimum Gasteiger partial charge on any atom is -0.372 e. The molecule has 10 heteroatoms. The second-order valence-corrected chi connectivity index (χ2v) is 9.46. The first-order valence-corrected chi connectivity index (χ1v) is 12.4. The van der Waals surface area contributed by atoms with Crippen molar-refractivity contribution in [2.45, 2.75) is 31.8 Å². The summed E-state index contributed by atoms with van der Waals surface area (Å²) in [7, 11) is 7.24. The van der Waals surface area contributed by atoms with Gasteiger partial charge in [-0.25, -0.2) is 4.98 Å². The molecule has 2 amide bonds. The lowest BCUT2D eigenvalue weighted by atomic mass is 9.80. The van der Waals surface area contributed by atoms with Crippen LogP contribution in [-0.2, 0) is 9.59 Å². The third-order valence-corrected chi connectivity index (χ3v) is 6.21. The van der Waals surface area contributed by atoms with E-state index in [1.165, 1.54) is 11.0 Å². The summed E-state index contributed by atoms with van der Waals surface area (Å²) in [6.07, 6.45) is 6.42. The number of aromatic nitrogens is 2. The normalized spacial score (nSPS) is 17.0. The average Bonchev–Trinajstić information content (AvgIpc) is 2.89. The summed E-state index contributed by atoms with van der Waals surface area (Å²) in [6, 6.07) is 8.65. The molecule has 1 fully saturated rings. The largest absolute Gasteiger partial charge is 0.372 e. The number of anilines is 3. The molecule has 1 aromatic carbocycles. The van der Waals surface area contributed by atoms with Crippen LogP contribution in [0.15, 0.2) is 42.6 Å². The Bertz CT molecular complexity index is 1280. The molecule has 0 saturated heterocycles. The van der Waals surface area contributed by atoms with Crippen LogP contribution in [0.25, 0.3) is 0 Å². The first-order valence-electron chi connectivity index (χ1n) is 12.4. The summed E-state index contributed by atoms with van der Waals surface area (Å²) in [6.45, 7) is 2.38. The lowest BCUT2D eigenvalue weighted by molar-refractivity contribution is -0.135. The standard InChI is InChI=1S/C28H34N8O2/c1-19(36(5)25(37)10-7-13-35(3)4)27(38)32-24-14-20(15-24)11-12-22-18-31-28(34-26(22)30-2)33-23-9-6-8-21(16-23)17-29/h6-10,16,18-20,24H,13-15H2,1-5H3,(H,32,38)(H2,30,31,33,34)/b10-7+/t19-,20?,24?/m0/s1. The molecule has 0 aliphatic heterocycles. The van der Waals surface area contributed by atoms with Crippen LogP contribution in [0.5, 0.6) is 0 Å². The van der Waals surface area contributed by atoms with Gasteiger partial charge in [-0.05, 0) is 52.1 Å². The highest BCUT2D eigenvalue weighted by atomic mass is 16.2. The lowest BCUT2D eigenvalue weighted by Gasteiger charge is -2.34. The highest BCUT2D eigenvalue weighted by Gasteiger charge is 2.31. The van der Waals surface area contributed by atoms with Crippen LogP contribution in [0.2, 0.25) is 0 Å². The molecule has 1 aliphatic carbocycles. The van der Waals surface area contributed by atoms with Gasteiger partial charge in [0.1, 0.15) is 11.9 Å². The summed E-state index contributed by atoms with van der Waals surface area (Å²) in [4.78, 5) is 37.1. The fraction of sp³-hybridized carbons (Fsp3) is 0.393. The molecule has 0 spiro atoms. The fourth-order valence-corrected chi connectivity index (χ4v) is 3.72. The van der Waals surface area contributed by atoms with Gasteiger partial charge in [0.05, 0.1) is 23.4 Å². The minimum atomic E-state index is -0.568. The number of amides is 2. The van der Waals surface area contributed by atoms with E-state index in [2.05, 4.69) is 43.8 Å². The predicted molar refractivity (Wildman–Crippen MR) is 147 cm³/mol. The number of hydrogen-bond acceptors (Lipinski definition) is 8. The van der Waals surface area contributed by atoms with Gasteiger partial charge in [0.15, 0.2) is 0 Å². The zero-order chi connectivity index (χ0) is 27.7. The van der Waals surface area contributed by atoms with E-state index in [4.69, 9.17) is 5.26 Å². The number of nitrogens with zero attached hydrogens (tertiary/aromatic N) is 5. The number of hydrogen-bond donors (Lipinski definition) is 3. The van der Waals surface area contributed by atoms with Gasteiger partial charge in [-0.2, -0.15) is 10.2 Å². The molecule has 0 unspecified atom stereocenters. The molecule has 2 aromatic rings. The molecule has 1 heterocycles. The van der Waals surface area contributed by atoms with Crippen LogP contribution in [0.3, 0.4) is 0 Å². The van der Waals surface area contributed by atoms with Crippen LogP contribution in [-0.4, -0.2) is 78.4 Å². The average molecular weight is 515 g/mol. The van der Waals surface area contributed by atoms with Crippen molar-refractivity contribution in [2.75, 3.05) is 45.4 Å². The van der Waals surface area contributed by atoms with Crippen molar-refractivity contribution in [1.29, 1.82) is 5.26 Å². The summed E-state index contributed by atoms with van der Waals surface area (Å²) < 4.78 is 0. The van der Waals surface area contributed by atoms with Crippen LogP contribution in [0, 0.1) is 29.1 Å². The molecule has 198 valence electrons. The van der Waals surface area contributed by atoms with Crippen molar-refractivity contribution in [1.82, 2.24) is 25.1 Å². The number of rotatable bonds is 9. The van der Waals surface area contributed by atoms with Crippen molar-refractivity contribution in [3.8, 4) is 17.9 Å². The van der Waals surface area contributed by atoms with E-state index in [1.807, 2.05) is 25.1 Å². The Balaban J connectivity index is 1.51. The first kappa shape index (κ1) is 28.2. The van der Waals surface area contributed by atoms with E-state index in [0.717, 1.165) is 18.5 Å². The van der Waals surface area contributed by atoms with E-state index in [0.29, 0.717) is 29.4 Å². The number of nitriles is 1. The second-order valence-electron chi connectivity index (χ2n) is 9.46. The molecule has 10 nitrogen and oxygen atoms in total. The number of likely N-dealkylation sites (N-methyl/N-ethyl adjacent to an activating group) is 2. The topological polar surface area (TPSA) is 126 Å². The Morgan fingerprint density at radius 1 is 1.26 bits per heavy atom. The van der Waals surface area contributed by atoms with Gasteiger partial charge in [-0.15, -0.1) is 0 Å². The van der Waals surface area contributed by atoms with Gasteiger partial charge in [0.25, 0.3) is 0 Å². The SMILES string of the molecule is CNc1nc(Nc2cccc(C#N)c2)ncc1C#CC1CC(NC(=O)[C@H](C)N(C)C(=O)/C=C/CN(C)C)C1. The molecule has 1 saturated carbocycles. The smallest absolute Gasteiger partial charge is 0.246 e. The highest BCUT2D eigenvalue weighted by molar-refractivity contribution is 5.92. The molecule has 1 atom stereocenters. The third-order valence-electron chi connectivity index (χ3n) is 6.21. The van der Waals surface area contributed by atoms with Gasteiger partial charge < -0.3 is 25.8 Å². The van der Waals surface area contributed by atoms with Crippen molar-refractivity contribution >= 4 is 29.3 Å². The lowest BCUT2D eigenvalue weighted by Crippen LogP contribution is -2.51. The van der Waals surface area contributed by atoms with Crippen LogP contribution >= 0.6 is 0 Å². The first-order chi connectivity index (χ1) is 18.2. The molecular weight excluding hydrogens is 480 g/mol. The van der Waals surface area contributed by atoms with Gasteiger partial charge in [-0.1, -0.05) is 24.0 Å². The van der Waals surface area contributed by atoms with E-state index in [1.54, 1.807) is 51.5 Å². The number of benzene rings is 1. The van der Waals surface area contributed by atoms with Crippen molar-refractivity contribution < 1.29 is 9.59 Å². The zero-order valence-corrected chi connectivity index (χ0v) is 22.4. The van der Waals surface area contributed by atoms with E-state index >= 15 is 0 Å². The van der Waals surface area contributed by atoms with Crippen LogP contribution in [0.4, 0.5) is 17.5 Å². The van der Waals surface area contributed by atoms with Crippen molar-refractivity contribution in [2.24, 2.45) is 5.92 Å². The predicted octanol–water partition coefficient (Wildman–Crippen LogP) is 2.34. The Hall–Kier alpha value is -4.41. The summed E-state index contributed by atoms with van der Waals surface area (Å²) in [5.41, 5.74) is 1.94. The molecule has 0 radical (unpaired) electrons. The molecular formula is C28H34N8O2. The van der Waals surface area contributed by atoms with Gasteiger partial charge in [0.2, 0.25) is 17.8 Å². The monoisotopic (exact) mass is 514 g/mol. The summed E-state index contributed by atoms with van der Waals surface area (Å²) in [5.74, 6) is 7.16. The second kappa shape index (κ2) is 13.2. The van der Waals surface area contributed by atoms with Crippen molar-refractivity contribution in [3.63, 3.8) is 0 Å². The quantitative estimate of drug-likeness (QED) is 0.344. The fourth-order valence-electron chi connectivity index (χ4n) is 3.72. The zero-order valence-electron chi connectivity index (χ0n) is 22.4. The molecule has 0 bridgehead atoms. The maximum atomic E-state index is 12.6. The van der Waals surface area contributed by atoms with E-state index in [9.17, 15) is 9.59 Å². The van der Waals surface area contributed by atoms with Crippen molar-refractivity contribution in [3.05, 3.63) is 53.7 Å². The highest BCUT2D eigenvalue weighted by Crippen LogP contribution is 2.27.